The summed E-state index contributed by atoms with van der Waals surface area (Å²) in [6, 6.07) is 5.05. The number of hydrogen-bond acceptors (Lipinski definition) is 5. The van der Waals surface area contributed by atoms with Gasteiger partial charge in [-0.1, -0.05) is 0 Å². The van der Waals surface area contributed by atoms with Gasteiger partial charge in [0, 0.05) is 24.6 Å². The maximum Gasteiger partial charge on any atom is 0.243 e. The van der Waals surface area contributed by atoms with Crippen LogP contribution in [0, 0.1) is 5.82 Å². The molecule has 1 atom stereocenters. The second kappa shape index (κ2) is 7.01. The van der Waals surface area contributed by atoms with Crippen LogP contribution in [0.3, 0.4) is 0 Å². The molecule has 126 valence electrons. The molecule has 8 heteroatoms. The van der Waals surface area contributed by atoms with Crippen molar-refractivity contribution in [3.63, 3.8) is 0 Å². The van der Waals surface area contributed by atoms with Crippen LogP contribution >= 0.6 is 0 Å². The molecule has 2 aromatic rings. The van der Waals surface area contributed by atoms with E-state index in [4.69, 9.17) is 13.9 Å². The molecule has 0 radical (unpaired) electrons. The third-order valence-corrected chi connectivity index (χ3v) is 4.78. The molecule has 1 N–H and O–H groups in total. The monoisotopic (exact) mass is 343 g/mol. The van der Waals surface area contributed by atoms with Gasteiger partial charge in [0.1, 0.15) is 16.5 Å². The average Bonchev–Trinajstić information content (AvgIpc) is 2.98. The van der Waals surface area contributed by atoms with E-state index in [9.17, 15) is 12.8 Å². The lowest BCUT2D eigenvalue weighted by Crippen LogP contribution is -2.34. The summed E-state index contributed by atoms with van der Waals surface area (Å²) in [6.45, 7) is 1.67. The Morgan fingerprint density at radius 2 is 1.91 bits per heavy atom. The SMILES string of the molecule is COc1cc(F)c(S(=O)(=O)NC(C)Cc2ccco2)cc1OC. The minimum absolute atomic E-state index is 0.118. The Morgan fingerprint density at radius 3 is 2.48 bits per heavy atom. The zero-order valence-electron chi connectivity index (χ0n) is 13.0. The molecule has 1 aromatic heterocycles. The molecular weight excluding hydrogens is 325 g/mol. The highest BCUT2D eigenvalue weighted by Gasteiger charge is 2.24. The second-order valence-electron chi connectivity index (χ2n) is 4.94. The van der Waals surface area contributed by atoms with Gasteiger partial charge in [-0.15, -0.1) is 0 Å². The van der Waals surface area contributed by atoms with E-state index >= 15 is 0 Å². The van der Waals surface area contributed by atoms with Crippen molar-refractivity contribution in [3.05, 3.63) is 42.1 Å². The van der Waals surface area contributed by atoms with Crippen molar-refractivity contribution in [1.82, 2.24) is 4.72 Å². The lowest BCUT2D eigenvalue weighted by Gasteiger charge is -2.15. The number of nitrogens with one attached hydrogen (secondary N) is 1. The van der Waals surface area contributed by atoms with Crippen molar-refractivity contribution in [1.29, 1.82) is 0 Å². The molecule has 23 heavy (non-hydrogen) atoms. The first-order valence-corrected chi connectivity index (χ1v) is 8.32. The molecular formula is C15H18FNO5S. The highest BCUT2D eigenvalue weighted by atomic mass is 32.2. The van der Waals surface area contributed by atoms with E-state index in [1.807, 2.05) is 0 Å². The fraction of sp³-hybridized carbons (Fsp3) is 0.333. The summed E-state index contributed by atoms with van der Waals surface area (Å²) in [7, 11) is -1.36. The quantitative estimate of drug-likeness (QED) is 0.835. The van der Waals surface area contributed by atoms with Crippen molar-refractivity contribution in [2.24, 2.45) is 0 Å². The predicted octanol–water partition coefficient (Wildman–Crippen LogP) is 2.35. The number of ether oxygens (including phenoxy) is 2. The Labute approximate surface area is 134 Å². The van der Waals surface area contributed by atoms with Gasteiger partial charge in [0.2, 0.25) is 10.0 Å². The van der Waals surface area contributed by atoms with Crippen LogP contribution in [0.2, 0.25) is 0 Å². The molecule has 0 fully saturated rings. The molecule has 0 amide bonds. The number of furan rings is 1. The maximum absolute atomic E-state index is 14.1. The number of methoxy groups -OCH3 is 2. The fourth-order valence-electron chi connectivity index (χ4n) is 2.14. The lowest BCUT2D eigenvalue weighted by molar-refractivity contribution is 0.350. The first kappa shape index (κ1) is 17.3. The number of rotatable bonds is 7. The van der Waals surface area contributed by atoms with Crippen LogP contribution in [0.4, 0.5) is 4.39 Å². The van der Waals surface area contributed by atoms with Gasteiger partial charge in [-0.25, -0.2) is 17.5 Å². The van der Waals surface area contributed by atoms with Crippen molar-refractivity contribution < 1.29 is 26.7 Å². The summed E-state index contributed by atoms with van der Waals surface area (Å²) in [5, 5.41) is 0. The van der Waals surface area contributed by atoms with E-state index in [1.54, 1.807) is 19.1 Å². The Kier molecular flexibility index (Phi) is 5.27. The molecule has 6 nitrogen and oxygen atoms in total. The van der Waals surface area contributed by atoms with Crippen molar-refractivity contribution in [2.75, 3.05) is 14.2 Å². The van der Waals surface area contributed by atoms with E-state index in [1.165, 1.54) is 20.5 Å². The first-order valence-electron chi connectivity index (χ1n) is 6.83. The van der Waals surface area contributed by atoms with Crippen LogP contribution < -0.4 is 14.2 Å². The zero-order valence-corrected chi connectivity index (χ0v) is 13.8. The highest BCUT2D eigenvalue weighted by Crippen LogP contribution is 2.31. The Bertz CT molecular complexity index is 758. The van der Waals surface area contributed by atoms with Crippen LogP contribution in [0.5, 0.6) is 11.5 Å². The summed E-state index contributed by atoms with van der Waals surface area (Å²) >= 11 is 0. The molecule has 1 aromatic carbocycles. The van der Waals surface area contributed by atoms with E-state index < -0.39 is 26.8 Å². The topological polar surface area (TPSA) is 77.8 Å². The number of sulfonamides is 1. The van der Waals surface area contributed by atoms with E-state index in [0.717, 1.165) is 12.1 Å². The zero-order chi connectivity index (χ0) is 17.0. The van der Waals surface area contributed by atoms with Gasteiger partial charge >= 0.3 is 0 Å². The molecule has 1 unspecified atom stereocenters. The third kappa shape index (κ3) is 4.02. The highest BCUT2D eigenvalue weighted by molar-refractivity contribution is 7.89. The summed E-state index contributed by atoms with van der Waals surface area (Å²) in [6.07, 6.45) is 1.85. The number of halogens is 1. The van der Waals surface area contributed by atoms with E-state index in [-0.39, 0.29) is 11.5 Å². The Hall–Kier alpha value is -2.06. The van der Waals surface area contributed by atoms with E-state index in [0.29, 0.717) is 12.2 Å². The molecule has 0 bridgehead atoms. The van der Waals surface area contributed by atoms with Crippen LogP contribution in [-0.4, -0.2) is 28.7 Å². The number of benzene rings is 1. The normalized spacial score (nSPS) is 12.9. The fourth-order valence-corrected chi connectivity index (χ4v) is 3.46. The second-order valence-corrected chi connectivity index (χ2v) is 6.63. The van der Waals surface area contributed by atoms with Crippen molar-refractivity contribution in [3.8, 4) is 11.5 Å². The smallest absolute Gasteiger partial charge is 0.243 e. The van der Waals surface area contributed by atoms with Gasteiger partial charge in [-0.3, -0.25) is 0 Å². The van der Waals surface area contributed by atoms with Crippen molar-refractivity contribution >= 4 is 10.0 Å². The lowest BCUT2D eigenvalue weighted by atomic mass is 10.2. The van der Waals surface area contributed by atoms with Gasteiger partial charge < -0.3 is 13.9 Å². The summed E-state index contributed by atoms with van der Waals surface area (Å²) in [4.78, 5) is -0.499. The maximum atomic E-state index is 14.1. The largest absolute Gasteiger partial charge is 0.493 e. The first-order chi connectivity index (χ1) is 10.9. The van der Waals surface area contributed by atoms with E-state index in [2.05, 4.69) is 4.72 Å². The van der Waals surface area contributed by atoms with Gasteiger partial charge in [0.05, 0.1) is 20.5 Å². The van der Waals surface area contributed by atoms with Crippen LogP contribution in [0.25, 0.3) is 0 Å². The average molecular weight is 343 g/mol. The molecule has 0 saturated heterocycles. The Balaban J connectivity index is 2.25. The van der Waals surface area contributed by atoms with Crippen molar-refractivity contribution in [2.45, 2.75) is 24.3 Å². The van der Waals surface area contributed by atoms with Gasteiger partial charge in [-0.2, -0.15) is 0 Å². The van der Waals surface area contributed by atoms with Crippen LogP contribution in [-0.2, 0) is 16.4 Å². The molecule has 0 aliphatic carbocycles. The molecule has 2 rings (SSSR count). The van der Waals surface area contributed by atoms with Gasteiger partial charge in [0.15, 0.2) is 11.5 Å². The molecule has 0 spiro atoms. The summed E-state index contributed by atoms with van der Waals surface area (Å²) in [5.74, 6) is -0.0334. The molecule has 1 heterocycles. The predicted molar refractivity (Wildman–Crippen MR) is 81.7 cm³/mol. The van der Waals surface area contributed by atoms with Crippen LogP contribution in [0.15, 0.2) is 39.8 Å². The summed E-state index contributed by atoms with van der Waals surface area (Å²) in [5.41, 5.74) is 0. The standard InChI is InChI=1S/C15H18FNO5S/c1-10(7-11-5-4-6-22-11)17-23(18,19)15-9-14(21-3)13(20-2)8-12(15)16/h4-6,8-10,17H,7H2,1-3H3. The molecule has 0 aliphatic heterocycles. The van der Waals surface area contributed by atoms with Gasteiger partial charge in [0.25, 0.3) is 0 Å². The Morgan fingerprint density at radius 1 is 1.26 bits per heavy atom. The minimum atomic E-state index is -4.05. The van der Waals surface area contributed by atoms with Crippen LogP contribution in [0.1, 0.15) is 12.7 Å². The summed E-state index contributed by atoms with van der Waals surface area (Å²) < 4.78 is 56.4. The molecule has 0 aliphatic rings. The minimum Gasteiger partial charge on any atom is -0.493 e. The molecule has 0 saturated carbocycles. The van der Waals surface area contributed by atoms with Gasteiger partial charge in [-0.05, 0) is 19.1 Å². The third-order valence-electron chi connectivity index (χ3n) is 3.17. The number of hydrogen-bond donors (Lipinski definition) is 1.